The topological polar surface area (TPSA) is 38.8 Å². The van der Waals surface area contributed by atoms with Crippen molar-refractivity contribution in [3.05, 3.63) is 0 Å². The molecule has 0 atom stereocenters. The quantitative estimate of drug-likeness (QED) is 0.650. The van der Waals surface area contributed by atoms with Gasteiger partial charge in [-0.3, -0.25) is 4.79 Å². The Bertz CT molecular complexity index is 176. The summed E-state index contributed by atoms with van der Waals surface area (Å²) in [5.41, 5.74) is 0. The number of ether oxygens (including phenoxy) is 2. The van der Waals surface area contributed by atoms with E-state index in [0.29, 0.717) is 19.6 Å². The third-order valence-corrected chi connectivity index (χ3v) is 2.20. The zero-order chi connectivity index (χ0) is 9.84. The normalized spacial score (nSPS) is 18.2. The van der Waals surface area contributed by atoms with E-state index in [1.807, 2.05) is 13.8 Å². The Morgan fingerprint density at radius 1 is 1.46 bits per heavy atom. The summed E-state index contributed by atoms with van der Waals surface area (Å²) in [6.45, 7) is 5.16. The minimum absolute atomic E-state index is 0.0712. The van der Waals surface area contributed by atoms with Crippen LogP contribution >= 0.6 is 0 Å². The van der Waals surface area contributed by atoms with Gasteiger partial charge >= 0.3 is 0 Å². The Labute approximate surface area is 78.8 Å². The van der Waals surface area contributed by atoms with Gasteiger partial charge in [0.25, 0.3) is 0 Å². The van der Waals surface area contributed by atoms with Crippen LogP contribution in [0.2, 0.25) is 0 Å². The molecule has 0 radical (unpaired) electrons. The van der Waals surface area contributed by atoms with Gasteiger partial charge in [0.1, 0.15) is 0 Å². The third kappa shape index (κ3) is 2.97. The molecule has 1 saturated heterocycles. The molecule has 1 heterocycles. The Hall–Kier alpha value is -0.610. The van der Waals surface area contributed by atoms with E-state index in [0.717, 1.165) is 0 Å². The maximum atomic E-state index is 11.5. The molecule has 4 nitrogen and oxygen atoms in total. The molecule has 1 fully saturated rings. The molecule has 4 heteroatoms. The van der Waals surface area contributed by atoms with Crippen LogP contribution in [0.25, 0.3) is 0 Å². The zero-order valence-electron chi connectivity index (χ0n) is 8.45. The van der Waals surface area contributed by atoms with Crippen LogP contribution in [0.4, 0.5) is 0 Å². The SMILES string of the molecule is CC(C)N(C)C(=O)CC1OCCO1. The van der Waals surface area contributed by atoms with Crippen LogP contribution in [-0.4, -0.2) is 43.4 Å². The van der Waals surface area contributed by atoms with Crippen molar-refractivity contribution in [1.82, 2.24) is 4.90 Å². The molecule has 0 saturated carbocycles. The lowest BCUT2D eigenvalue weighted by atomic mass is 10.3. The van der Waals surface area contributed by atoms with Crippen LogP contribution < -0.4 is 0 Å². The van der Waals surface area contributed by atoms with Crippen molar-refractivity contribution in [1.29, 1.82) is 0 Å². The van der Waals surface area contributed by atoms with Crippen molar-refractivity contribution >= 4 is 5.91 Å². The smallest absolute Gasteiger partial charge is 0.227 e. The van der Waals surface area contributed by atoms with Crippen LogP contribution in [0.5, 0.6) is 0 Å². The van der Waals surface area contributed by atoms with E-state index in [1.54, 1.807) is 11.9 Å². The highest BCUT2D eigenvalue weighted by atomic mass is 16.7. The number of amides is 1. The maximum absolute atomic E-state index is 11.5. The first-order chi connectivity index (χ1) is 6.11. The Morgan fingerprint density at radius 3 is 2.46 bits per heavy atom. The van der Waals surface area contributed by atoms with Gasteiger partial charge in [-0.1, -0.05) is 0 Å². The summed E-state index contributed by atoms with van der Waals surface area (Å²) in [6.07, 6.45) is 0.00278. The van der Waals surface area contributed by atoms with E-state index in [2.05, 4.69) is 0 Å². The van der Waals surface area contributed by atoms with Crippen LogP contribution in [0.3, 0.4) is 0 Å². The lowest BCUT2D eigenvalue weighted by Crippen LogP contribution is -2.35. The highest BCUT2D eigenvalue weighted by molar-refractivity contribution is 5.76. The fourth-order valence-corrected chi connectivity index (χ4v) is 1.10. The monoisotopic (exact) mass is 187 g/mol. The van der Waals surface area contributed by atoms with Crippen molar-refractivity contribution in [2.75, 3.05) is 20.3 Å². The van der Waals surface area contributed by atoms with E-state index in [9.17, 15) is 4.79 Å². The van der Waals surface area contributed by atoms with Gasteiger partial charge in [-0.15, -0.1) is 0 Å². The summed E-state index contributed by atoms with van der Waals surface area (Å²) >= 11 is 0. The van der Waals surface area contributed by atoms with E-state index in [-0.39, 0.29) is 18.2 Å². The lowest BCUT2D eigenvalue weighted by Gasteiger charge is -2.22. The summed E-state index contributed by atoms with van der Waals surface area (Å²) in [7, 11) is 1.79. The van der Waals surface area contributed by atoms with Crippen molar-refractivity contribution < 1.29 is 14.3 Å². The van der Waals surface area contributed by atoms with Gasteiger partial charge < -0.3 is 14.4 Å². The molecule has 1 aliphatic heterocycles. The van der Waals surface area contributed by atoms with E-state index < -0.39 is 0 Å². The van der Waals surface area contributed by atoms with Gasteiger partial charge in [-0.05, 0) is 13.8 Å². The number of nitrogens with zero attached hydrogens (tertiary/aromatic N) is 1. The van der Waals surface area contributed by atoms with Crippen molar-refractivity contribution in [3.8, 4) is 0 Å². The highest BCUT2D eigenvalue weighted by Crippen LogP contribution is 2.10. The second kappa shape index (κ2) is 4.58. The molecule has 0 unspecified atom stereocenters. The molecular weight excluding hydrogens is 170 g/mol. The molecular formula is C9H17NO3. The fraction of sp³-hybridized carbons (Fsp3) is 0.889. The fourth-order valence-electron chi connectivity index (χ4n) is 1.10. The number of hydrogen-bond acceptors (Lipinski definition) is 3. The van der Waals surface area contributed by atoms with Gasteiger partial charge in [0.15, 0.2) is 6.29 Å². The molecule has 1 rings (SSSR count). The summed E-state index contributed by atoms with van der Waals surface area (Å²) in [6, 6.07) is 0.230. The molecule has 0 aromatic carbocycles. The first kappa shape index (κ1) is 10.5. The molecule has 0 aromatic heterocycles. The van der Waals surface area contributed by atoms with Crippen LogP contribution in [0.15, 0.2) is 0 Å². The summed E-state index contributed by atoms with van der Waals surface area (Å²) in [5, 5.41) is 0. The Morgan fingerprint density at radius 2 is 2.00 bits per heavy atom. The second-order valence-corrected chi connectivity index (χ2v) is 3.47. The molecule has 0 aromatic rings. The van der Waals surface area contributed by atoms with Crippen LogP contribution in [-0.2, 0) is 14.3 Å². The van der Waals surface area contributed by atoms with Gasteiger partial charge in [0, 0.05) is 13.1 Å². The molecule has 76 valence electrons. The average molecular weight is 187 g/mol. The largest absolute Gasteiger partial charge is 0.350 e. The van der Waals surface area contributed by atoms with Gasteiger partial charge in [0.05, 0.1) is 19.6 Å². The first-order valence-electron chi connectivity index (χ1n) is 4.60. The lowest BCUT2D eigenvalue weighted by molar-refractivity contribution is -0.139. The molecule has 0 spiro atoms. The van der Waals surface area contributed by atoms with Gasteiger partial charge in [-0.25, -0.2) is 0 Å². The Balaban J connectivity index is 2.31. The molecule has 1 amide bonds. The van der Waals surface area contributed by atoms with E-state index >= 15 is 0 Å². The molecule has 0 bridgehead atoms. The van der Waals surface area contributed by atoms with Gasteiger partial charge in [0.2, 0.25) is 5.91 Å². The summed E-state index contributed by atoms with van der Waals surface area (Å²) < 4.78 is 10.4. The van der Waals surface area contributed by atoms with E-state index in [1.165, 1.54) is 0 Å². The minimum Gasteiger partial charge on any atom is -0.350 e. The minimum atomic E-state index is -0.325. The zero-order valence-corrected chi connectivity index (χ0v) is 8.45. The molecule has 0 aliphatic carbocycles. The average Bonchev–Trinajstić information content (AvgIpc) is 2.55. The maximum Gasteiger partial charge on any atom is 0.227 e. The van der Waals surface area contributed by atoms with Crippen molar-refractivity contribution in [2.24, 2.45) is 0 Å². The van der Waals surface area contributed by atoms with Crippen molar-refractivity contribution in [3.63, 3.8) is 0 Å². The Kier molecular flexibility index (Phi) is 3.69. The standard InChI is InChI=1S/C9H17NO3/c1-7(2)10(3)8(11)6-9-12-4-5-13-9/h7,9H,4-6H2,1-3H3. The highest BCUT2D eigenvalue weighted by Gasteiger charge is 2.22. The van der Waals surface area contributed by atoms with Crippen LogP contribution in [0.1, 0.15) is 20.3 Å². The first-order valence-corrected chi connectivity index (χ1v) is 4.60. The second-order valence-electron chi connectivity index (χ2n) is 3.47. The third-order valence-electron chi connectivity index (χ3n) is 2.20. The van der Waals surface area contributed by atoms with Crippen LogP contribution in [0, 0.1) is 0 Å². The van der Waals surface area contributed by atoms with Gasteiger partial charge in [-0.2, -0.15) is 0 Å². The van der Waals surface area contributed by atoms with E-state index in [4.69, 9.17) is 9.47 Å². The number of rotatable bonds is 3. The molecule has 1 aliphatic rings. The molecule has 0 N–H and O–H groups in total. The molecule has 13 heavy (non-hydrogen) atoms. The number of hydrogen-bond donors (Lipinski definition) is 0. The summed E-state index contributed by atoms with van der Waals surface area (Å²) in [5.74, 6) is 0.0712. The predicted molar refractivity (Wildman–Crippen MR) is 48.2 cm³/mol. The number of carbonyl (C=O) groups is 1. The number of carbonyl (C=O) groups excluding carboxylic acids is 1. The van der Waals surface area contributed by atoms with Crippen molar-refractivity contribution in [2.45, 2.75) is 32.6 Å². The predicted octanol–water partition coefficient (Wildman–Crippen LogP) is 0.616. The summed E-state index contributed by atoms with van der Waals surface area (Å²) in [4.78, 5) is 13.2.